The van der Waals surface area contributed by atoms with E-state index in [2.05, 4.69) is 5.32 Å². The van der Waals surface area contributed by atoms with E-state index in [-0.39, 0.29) is 12.2 Å². The van der Waals surface area contributed by atoms with E-state index in [9.17, 15) is 20.0 Å². The van der Waals surface area contributed by atoms with Gasteiger partial charge in [-0.3, -0.25) is 14.9 Å². The lowest BCUT2D eigenvalue weighted by Crippen LogP contribution is -2.37. The van der Waals surface area contributed by atoms with Crippen LogP contribution in [0, 0.1) is 22.5 Å². The Balaban J connectivity index is 3.03. The van der Waals surface area contributed by atoms with E-state index in [4.69, 9.17) is 0 Å². The van der Waals surface area contributed by atoms with Crippen LogP contribution in [0.15, 0.2) is 18.2 Å². The van der Waals surface area contributed by atoms with Crippen LogP contribution in [0.5, 0.6) is 0 Å². The normalized spacial score (nSPS) is 11.2. The number of carboxylic acid groups (broad SMARTS) is 1. The minimum absolute atomic E-state index is 0.000931. The molecular formula is C14H20N2O4. The van der Waals surface area contributed by atoms with Gasteiger partial charge in [-0.05, 0) is 25.8 Å². The number of aryl methyl sites for hydroxylation is 1. The largest absolute Gasteiger partial charge is 0.481 e. The fourth-order valence-electron chi connectivity index (χ4n) is 2.19. The molecule has 0 atom stereocenters. The highest BCUT2D eigenvalue weighted by Crippen LogP contribution is 2.31. The van der Waals surface area contributed by atoms with Crippen molar-refractivity contribution in [1.29, 1.82) is 0 Å². The van der Waals surface area contributed by atoms with Gasteiger partial charge < -0.3 is 10.4 Å². The van der Waals surface area contributed by atoms with Crippen LogP contribution >= 0.6 is 0 Å². The molecule has 6 heteroatoms. The molecule has 0 fully saturated rings. The summed E-state index contributed by atoms with van der Waals surface area (Å²) in [4.78, 5) is 22.1. The lowest BCUT2D eigenvalue weighted by atomic mass is 9.82. The van der Waals surface area contributed by atoms with Gasteiger partial charge in [-0.25, -0.2) is 0 Å². The number of nitro groups is 1. The number of carboxylic acids is 1. The molecule has 0 amide bonds. The molecule has 0 aliphatic heterocycles. The first-order valence-corrected chi connectivity index (χ1v) is 6.59. The lowest BCUT2D eigenvalue weighted by Gasteiger charge is -2.27. The standard InChI is InChI=1S/C14H20N2O4/c1-4-14(5-2,13(17)18)9-15-11-8-6-7-10(3)12(11)16(19)20/h6-8,15H,4-5,9H2,1-3H3,(H,17,18). The molecule has 20 heavy (non-hydrogen) atoms. The van der Waals surface area contributed by atoms with Crippen molar-refractivity contribution in [2.24, 2.45) is 5.41 Å². The number of nitro benzene ring substituents is 1. The summed E-state index contributed by atoms with van der Waals surface area (Å²) in [5.41, 5.74) is 0.00730. The number of anilines is 1. The van der Waals surface area contributed by atoms with Crippen LogP contribution in [0.25, 0.3) is 0 Å². The lowest BCUT2D eigenvalue weighted by molar-refractivity contribution is -0.384. The van der Waals surface area contributed by atoms with Gasteiger partial charge in [0.25, 0.3) is 5.69 Å². The third-order valence-electron chi connectivity index (χ3n) is 3.84. The molecule has 0 saturated carbocycles. The zero-order valence-corrected chi connectivity index (χ0v) is 12.0. The molecule has 1 aromatic rings. The average molecular weight is 280 g/mol. The number of aliphatic carboxylic acids is 1. The number of rotatable bonds is 7. The van der Waals surface area contributed by atoms with Crippen LogP contribution in [0.4, 0.5) is 11.4 Å². The van der Waals surface area contributed by atoms with Gasteiger partial charge in [-0.15, -0.1) is 0 Å². The van der Waals surface area contributed by atoms with Gasteiger partial charge in [0, 0.05) is 12.1 Å². The molecule has 0 unspecified atom stereocenters. The summed E-state index contributed by atoms with van der Waals surface area (Å²) >= 11 is 0. The second-order valence-electron chi connectivity index (χ2n) is 4.87. The molecule has 0 spiro atoms. The fourth-order valence-corrected chi connectivity index (χ4v) is 2.19. The van der Waals surface area contributed by atoms with Gasteiger partial charge >= 0.3 is 5.97 Å². The van der Waals surface area contributed by atoms with Crippen LogP contribution in [0.1, 0.15) is 32.3 Å². The van der Waals surface area contributed by atoms with E-state index in [1.165, 1.54) is 0 Å². The highest BCUT2D eigenvalue weighted by molar-refractivity contribution is 5.76. The van der Waals surface area contributed by atoms with Crippen LogP contribution in [0.2, 0.25) is 0 Å². The summed E-state index contributed by atoms with van der Waals surface area (Å²) in [5.74, 6) is -0.884. The molecule has 0 aromatic heterocycles. The van der Waals surface area contributed by atoms with Gasteiger partial charge in [0.2, 0.25) is 0 Å². The van der Waals surface area contributed by atoms with Gasteiger partial charge in [0.1, 0.15) is 5.69 Å². The van der Waals surface area contributed by atoms with Crippen LogP contribution < -0.4 is 5.32 Å². The highest BCUT2D eigenvalue weighted by Gasteiger charge is 2.35. The van der Waals surface area contributed by atoms with Gasteiger partial charge in [0.15, 0.2) is 0 Å². The highest BCUT2D eigenvalue weighted by atomic mass is 16.6. The molecule has 1 rings (SSSR count). The Morgan fingerprint density at radius 2 is 2.00 bits per heavy atom. The quantitative estimate of drug-likeness (QED) is 0.591. The van der Waals surface area contributed by atoms with Crippen molar-refractivity contribution >= 4 is 17.3 Å². The Bertz CT molecular complexity index is 510. The summed E-state index contributed by atoms with van der Waals surface area (Å²) in [7, 11) is 0. The van der Waals surface area contributed by atoms with Gasteiger partial charge in [0.05, 0.1) is 10.3 Å². The molecule has 2 N–H and O–H groups in total. The third kappa shape index (κ3) is 3.07. The van der Waals surface area contributed by atoms with Crippen molar-refractivity contribution < 1.29 is 14.8 Å². The molecule has 0 aliphatic carbocycles. The van der Waals surface area contributed by atoms with Crippen molar-refractivity contribution in [2.45, 2.75) is 33.6 Å². The zero-order chi connectivity index (χ0) is 15.3. The summed E-state index contributed by atoms with van der Waals surface area (Å²) in [5, 5.41) is 23.4. The van der Waals surface area contributed by atoms with Crippen molar-refractivity contribution in [3.8, 4) is 0 Å². The molecule has 0 bridgehead atoms. The first kappa shape index (κ1) is 15.9. The van der Waals surface area contributed by atoms with E-state index in [1.54, 1.807) is 25.1 Å². The molecular weight excluding hydrogens is 260 g/mol. The maximum absolute atomic E-state index is 11.4. The first-order valence-electron chi connectivity index (χ1n) is 6.59. The van der Waals surface area contributed by atoms with Crippen LogP contribution in [-0.2, 0) is 4.79 Å². The molecule has 0 aliphatic rings. The van der Waals surface area contributed by atoms with Crippen LogP contribution in [-0.4, -0.2) is 22.5 Å². The first-order chi connectivity index (χ1) is 9.38. The summed E-state index contributed by atoms with van der Waals surface area (Å²) in [6.07, 6.45) is 0.927. The number of para-hydroxylation sites is 1. The number of nitrogens with zero attached hydrogens (tertiary/aromatic N) is 1. The maximum Gasteiger partial charge on any atom is 0.311 e. The Morgan fingerprint density at radius 1 is 1.40 bits per heavy atom. The van der Waals surface area contributed by atoms with E-state index >= 15 is 0 Å². The number of hydrogen-bond acceptors (Lipinski definition) is 4. The second-order valence-corrected chi connectivity index (χ2v) is 4.87. The summed E-state index contributed by atoms with van der Waals surface area (Å²) < 4.78 is 0. The smallest absolute Gasteiger partial charge is 0.311 e. The van der Waals surface area contributed by atoms with E-state index in [1.807, 2.05) is 13.8 Å². The zero-order valence-electron chi connectivity index (χ0n) is 12.0. The van der Waals surface area contributed by atoms with Crippen molar-refractivity contribution in [1.82, 2.24) is 0 Å². The second kappa shape index (κ2) is 6.36. The molecule has 6 nitrogen and oxygen atoms in total. The minimum Gasteiger partial charge on any atom is -0.481 e. The van der Waals surface area contributed by atoms with E-state index in [0.29, 0.717) is 24.1 Å². The van der Waals surface area contributed by atoms with Gasteiger partial charge in [-0.1, -0.05) is 26.0 Å². The van der Waals surface area contributed by atoms with Crippen molar-refractivity contribution in [3.63, 3.8) is 0 Å². The number of carbonyl (C=O) groups is 1. The topological polar surface area (TPSA) is 92.5 Å². The Morgan fingerprint density at radius 3 is 2.45 bits per heavy atom. The molecule has 1 aromatic carbocycles. The predicted molar refractivity (Wildman–Crippen MR) is 77.0 cm³/mol. The number of nitrogens with one attached hydrogen (secondary N) is 1. The predicted octanol–water partition coefficient (Wildman–Crippen LogP) is 3.21. The molecule has 0 saturated heterocycles. The van der Waals surface area contributed by atoms with E-state index < -0.39 is 16.3 Å². The Labute approximate surface area is 118 Å². The Kier molecular flexibility index (Phi) is 5.07. The van der Waals surface area contributed by atoms with Gasteiger partial charge in [-0.2, -0.15) is 0 Å². The molecule has 0 radical (unpaired) electrons. The molecule has 110 valence electrons. The summed E-state index contributed by atoms with van der Waals surface area (Å²) in [6, 6.07) is 4.97. The van der Waals surface area contributed by atoms with E-state index in [0.717, 1.165) is 0 Å². The molecule has 0 heterocycles. The number of benzene rings is 1. The SMILES string of the molecule is CCC(CC)(CNc1cccc(C)c1[N+](=O)[O-])C(=O)O. The maximum atomic E-state index is 11.4. The van der Waals surface area contributed by atoms with Crippen molar-refractivity contribution in [2.75, 3.05) is 11.9 Å². The van der Waals surface area contributed by atoms with Crippen LogP contribution in [0.3, 0.4) is 0 Å². The monoisotopic (exact) mass is 280 g/mol. The average Bonchev–Trinajstić information content (AvgIpc) is 2.39. The number of hydrogen-bond donors (Lipinski definition) is 2. The summed E-state index contributed by atoms with van der Waals surface area (Å²) in [6.45, 7) is 5.45. The van der Waals surface area contributed by atoms with Crippen molar-refractivity contribution in [3.05, 3.63) is 33.9 Å². The Hall–Kier alpha value is -2.11. The minimum atomic E-state index is -0.905. The third-order valence-corrected chi connectivity index (χ3v) is 3.84. The fraction of sp³-hybridized carbons (Fsp3) is 0.500.